The number of nitrogens with zero attached hydrogens (tertiary/aromatic N) is 3. The lowest BCUT2D eigenvalue weighted by atomic mass is 10.1. The number of carbonyl (C=O) groups is 2. The highest BCUT2D eigenvalue weighted by Gasteiger charge is 2.32. The van der Waals surface area contributed by atoms with E-state index in [1.165, 1.54) is 0 Å². The monoisotopic (exact) mass is 617 g/mol. The molecule has 230 valence electrons. The van der Waals surface area contributed by atoms with Gasteiger partial charge in [-0.05, 0) is 50.8 Å². The molecule has 3 aromatic rings. The summed E-state index contributed by atoms with van der Waals surface area (Å²) in [6.07, 6.45) is 0.822. The highest BCUT2D eigenvalue weighted by Crippen LogP contribution is 2.30. The number of sulfonamides is 1. The van der Waals surface area contributed by atoms with Crippen molar-refractivity contribution in [2.45, 2.75) is 24.3 Å². The van der Waals surface area contributed by atoms with Gasteiger partial charge in [0, 0.05) is 62.2 Å². The number of ether oxygens (including phenoxy) is 1. The number of carbonyl (C=O) groups excluding carboxylic acids is 2. The molecule has 0 radical (unpaired) electrons. The Balaban J connectivity index is 1.37. The van der Waals surface area contributed by atoms with Gasteiger partial charge in [-0.1, -0.05) is 0 Å². The van der Waals surface area contributed by atoms with Gasteiger partial charge in [-0.2, -0.15) is 9.40 Å². The smallest absolute Gasteiger partial charge is 0.258 e. The van der Waals surface area contributed by atoms with Crippen molar-refractivity contribution in [3.63, 3.8) is 0 Å². The number of aromatic nitrogens is 2. The molecule has 1 fully saturated rings. The first kappa shape index (κ1) is 30.5. The summed E-state index contributed by atoms with van der Waals surface area (Å²) in [5, 5.41) is 15.9. The maximum absolute atomic E-state index is 13.8. The van der Waals surface area contributed by atoms with Crippen molar-refractivity contribution in [3.05, 3.63) is 64.9 Å². The molecule has 3 heterocycles. The molecule has 5 rings (SSSR count). The van der Waals surface area contributed by atoms with E-state index in [4.69, 9.17) is 4.74 Å². The van der Waals surface area contributed by atoms with Crippen LogP contribution >= 0.6 is 0 Å². The van der Waals surface area contributed by atoms with Crippen molar-refractivity contribution >= 4 is 39.0 Å². The number of benzene rings is 2. The summed E-state index contributed by atoms with van der Waals surface area (Å²) in [6.45, 7) is 2.07. The zero-order valence-corrected chi connectivity index (χ0v) is 24.6. The van der Waals surface area contributed by atoms with Crippen LogP contribution in [0.1, 0.15) is 28.0 Å². The first-order valence-electron chi connectivity index (χ1n) is 13.8. The number of nitrogens with one attached hydrogen (secondary N) is 4. The van der Waals surface area contributed by atoms with Crippen LogP contribution in [-0.2, 0) is 32.5 Å². The Morgan fingerprint density at radius 3 is 2.60 bits per heavy atom. The first-order valence-corrected chi connectivity index (χ1v) is 15.2. The number of likely N-dealkylation sites (N-methyl/N-ethyl adjacent to an activating group) is 1. The topological polar surface area (TPSA) is 149 Å². The zero-order chi connectivity index (χ0) is 30.7. The fraction of sp³-hybridized carbons (Fsp3) is 0.393. The SMILES string of the molecule is CN(C)CCNc1ccc(C(=O)Nc2n[nH]c3c2CN(S(=O)(=O)c2cc(F)cc(F)c2)CC3)c(NC(=O)C2CCOC2)c1. The lowest BCUT2D eigenvalue weighted by molar-refractivity contribution is -0.119. The number of aromatic amines is 1. The minimum absolute atomic E-state index is 0.0480. The Labute approximate surface area is 247 Å². The molecule has 0 aliphatic carbocycles. The Morgan fingerprint density at radius 1 is 1.14 bits per heavy atom. The second-order valence-electron chi connectivity index (χ2n) is 10.7. The van der Waals surface area contributed by atoms with Gasteiger partial charge >= 0.3 is 0 Å². The maximum atomic E-state index is 13.8. The molecule has 0 saturated carbocycles. The molecule has 43 heavy (non-hydrogen) atoms. The third-order valence-corrected chi connectivity index (χ3v) is 9.14. The quantitative estimate of drug-likeness (QED) is 0.271. The summed E-state index contributed by atoms with van der Waals surface area (Å²) in [5.74, 6) is -3.06. The van der Waals surface area contributed by atoms with Gasteiger partial charge in [-0.25, -0.2) is 17.2 Å². The van der Waals surface area contributed by atoms with Gasteiger partial charge in [0.25, 0.3) is 5.91 Å². The van der Waals surface area contributed by atoms with Crippen LogP contribution in [0.15, 0.2) is 41.3 Å². The van der Waals surface area contributed by atoms with E-state index in [0.717, 1.165) is 23.0 Å². The molecule has 15 heteroatoms. The van der Waals surface area contributed by atoms with Gasteiger partial charge < -0.3 is 25.6 Å². The van der Waals surface area contributed by atoms with Crippen LogP contribution < -0.4 is 16.0 Å². The van der Waals surface area contributed by atoms with Gasteiger partial charge in [0.15, 0.2) is 5.82 Å². The fourth-order valence-corrected chi connectivity index (χ4v) is 6.39. The highest BCUT2D eigenvalue weighted by molar-refractivity contribution is 7.89. The van der Waals surface area contributed by atoms with Gasteiger partial charge in [0.1, 0.15) is 11.6 Å². The van der Waals surface area contributed by atoms with E-state index in [0.29, 0.717) is 54.9 Å². The van der Waals surface area contributed by atoms with Gasteiger partial charge in [0.2, 0.25) is 15.9 Å². The van der Waals surface area contributed by atoms with Gasteiger partial charge in [-0.3, -0.25) is 14.7 Å². The lowest BCUT2D eigenvalue weighted by Crippen LogP contribution is -2.36. The fourth-order valence-electron chi connectivity index (χ4n) is 4.94. The van der Waals surface area contributed by atoms with E-state index < -0.39 is 32.5 Å². The molecule has 1 aromatic heterocycles. The van der Waals surface area contributed by atoms with E-state index >= 15 is 0 Å². The van der Waals surface area contributed by atoms with Gasteiger partial charge in [-0.15, -0.1) is 0 Å². The molecule has 2 aliphatic rings. The molecule has 1 saturated heterocycles. The number of hydrogen-bond acceptors (Lipinski definition) is 8. The number of amides is 2. The number of fused-ring (bicyclic) bond motifs is 1. The van der Waals surface area contributed by atoms with Crippen LogP contribution in [0.25, 0.3) is 0 Å². The van der Waals surface area contributed by atoms with Crippen molar-refractivity contribution in [2.24, 2.45) is 5.92 Å². The number of anilines is 3. The van der Waals surface area contributed by atoms with E-state index in [9.17, 15) is 26.8 Å². The van der Waals surface area contributed by atoms with Crippen LogP contribution in [0.3, 0.4) is 0 Å². The van der Waals surface area contributed by atoms with E-state index in [-0.39, 0.29) is 42.7 Å². The average molecular weight is 618 g/mol. The third-order valence-electron chi connectivity index (χ3n) is 7.31. The summed E-state index contributed by atoms with van der Waals surface area (Å²) < 4.78 is 60.4. The van der Waals surface area contributed by atoms with Crippen molar-refractivity contribution in [1.82, 2.24) is 19.4 Å². The van der Waals surface area contributed by atoms with E-state index in [1.807, 2.05) is 19.0 Å². The van der Waals surface area contributed by atoms with Crippen LogP contribution in [0.4, 0.5) is 26.0 Å². The summed E-state index contributed by atoms with van der Waals surface area (Å²) in [7, 11) is -0.335. The standard InChI is InChI=1S/C28H33F2N7O5S/c1-36(2)9-7-31-20-3-4-22(25(14-20)32-27(38)17-6-10-42-16-17)28(39)33-26-23-15-37(8-5-24(23)34-35-26)43(40,41)21-12-18(29)11-19(30)13-21/h3-4,11-14,17,31H,5-10,15-16H2,1-2H3,(H,32,38)(H2,33,34,35,39). The normalized spacial score (nSPS) is 17.1. The predicted octanol–water partition coefficient (Wildman–Crippen LogP) is 2.64. The molecule has 2 aliphatic heterocycles. The predicted molar refractivity (Wildman–Crippen MR) is 155 cm³/mol. The first-order chi connectivity index (χ1) is 20.5. The molecule has 0 bridgehead atoms. The number of H-pyrrole nitrogens is 1. The molecule has 4 N–H and O–H groups in total. The van der Waals surface area contributed by atoms with Crippen LogP contribution in [0, 0.1) is 17.6 Å². The zero-order valence-electron chi connectivity index (χ0n) is 23.7. The summed E-state index contributed by atoms with van der Waals surface area (Å²) in [6, 6.07) is 7.12. The Hall–Kier alpha value is -3.92. The van der Waals surface area contributed by atoms with E-state index in [2.05, 4.69) is 26.1 Å². The second-order valence-corrected chi connectivity index (χ2v) is 12.7. The Kier molecular flexibility index (Phi) is 9.05. The minimum Gasteiger partial charge on any atom is -0.384 e. The molecular formula is C28H33F2N7O5S. The van der Waals surface area contributed by atoms with E-state index in [1.54, 1.807) is 18.2 Å². The van der Waals surface area contributed by atoms with Crippen molar-refractivity contribution in [2.75, 3.05) is 62.9 Å². The van der Waals surface area contributed by atoms with Gasteiger partial charge in [0.05, 0.1) is 28.7 Å². The molecule has 2 amide bonds. The van der Waals surface area contributed by atoms with Crippen LogP contribution in [0.2, 0.25) is 0 Å². The average Bonchev–Trinajstić information content (AvgIpc) is 3.63. The van der Waals surface area contributed by atoms with Crippen molar-refractivity contribution < 1.29 is 31.5 Å². The number of hydrogen-bond donors (Lipinski definition) is 4. The van der Waals surface area contributed by atoms with Crippen molar-refractivity contribution in [1.29, 1.82) is 0 Å². The summed E-state index contributed by atoms with van der Waals surface area (Å²) in [5.41, 5.74) is 2.24. The second kappa shape index (κ2) is 12.8. The summed E-state index contributed by atoms with van der Waals surface area (Å²) in [4.78, 5) is 28.0. The minimum atomic E-state index is -4.24. The summed E-state index contributed by atoms with van der Waals surface area (Å²) >= 11 is 0. The van der Waals surface area contributed by atoms with Crippen molar-refractivity contribution in [3.8, 4) is 0 Å². The maximum Gasteiger partial charge on any atom is 0.258 e. The van der Waals surface area contributed by atoms with Crippen LogP contribution in [-0.4, -0.2) is 86.6 Å². The molecule has 12 nitrogen and oxygen atoms in total. The largest absolute Gasteiger partial charge is 0.384 e. The highest BCUT2D eigenvalue weighted by atomic mass is 32.2. The number of halogens is 2. The Bertz CT molecular complexity index is 1600. The lowest BCUT2D eigenvalue weighted by Gasteiger charge is -2.26. The Morgan fingerprint density at radius 2 is 1.91 bits per heavy atom. The molecule has 1 unspecified atom stereocenters. The molecule has 0 spiro atoms. The molecule has 1 atom stereocenters. The molecular weight excluding hydrogens is 584 g/mol. The third kappa shape index (κ3) is 7.01. The molecule has 2 aromatic carbocycles. The number of rotatable bonds is 10. The van der Waals surface area contributed by atoms with Crippen LogP contribution in [0.5, 0.6) is 0 Å².